The fourth-order valence-electron chi connectivity index (χ4n) is 3.93. The molecule has 3 aromatic heterocycles. The van der Waals surface area contributed by atoms with Crippen molar-refractivity contribution in [1.82, 2.24) is 34.0 Å². The SMILES string of the molecule is Cn1ncc2c(=O)n(CC3(O)CCN(C(=O)CC(C(F)F)n4ccc(F)n4)CC3)cnc21. The quantitative estimate of drug-likeness (QED) is 0.589. The summed E-state index contributed by atoms with van der Waals surface area (Å²) >= 11 is 0. The molecule has 1 aliphatic rings. The Morgan fingerprint density at radius 1 is 1.31 bits per heavy atom. The first-order valence-electron chi connectivity index (χ1n) is 10.0. The van der Waals surface area contributed by atoms with Crippen molar-refractivity contribution >= 4 is 16.9 Å². The van der Waals surface area contributed by atoms with E-state index in [1.165, 1.54) is 26.7 Å². The van der Waals surface area contributed by atoms with E-state index in [-0.39, 0.29) is 38.0 Å². The van der Waals surface area contributed by atoms with Gasteiger partial charge in [0.05, 0.1) is 24.8 Å². The van der Waals surface area contributed by atoms with Crippen LogP contribution in [0.5, 0.6) is 0 Å². The topological polar surface area (TPSA) is 111 Å². The molecule has 32 heavy (non-hydrogen) atoms. The number of halogens is 3. The minimum atomic E-state index is -2.90. The Morgan fingerprint density at radius 2 is 2.03 bits per heavy atom. The Hall–Kier alpha value is -3.22. The highest BCUT2D eigenvalue weighted by Crippen LogP contribution is 2.27. The molecule has 0 spiro atoms. The molecule has 0 saturated carbocycles. The molecule has 4 heterocycles. The van der Waals surface area contributed by atoms with Crippen molar-refractivity contribution in [1.29, 1.82) is 0 Å². The molecular weight excluding hydrogens is 431 g/mol. The molecule has 1 aliphatic heterocycles. The normalized spacial score (nSPS) is 17.2. The van der Waals surface area contributed by atoms with E-state index in [1.54, 1.807) is 7.05 Å². The highest BCUT2D eigenvalue weighted by molar-refractivity contribution is 5.76. The summed E-state index contributed by atoms with van der Waals surface area (Å²) in [5, 5.41) is 18.6. The third-order valence-corrected chi connectivity index (χ3v) is 5.82. The zero-order valence-corrected chi connectivity index (χ0v) is 17.2. The van der Waals surface area contributed by atoms with E-state index in [0.717, 1.165) is 16.9 Å². The number of amides is 1. The van der Waals surface area contributed by atoms with E-state index in [1.807, 2.05) is 0 Å². The van der Waals surface area contributed by atoms with Crippen LogP contribution >= 0.6 is 0 Å². The third-order valence-electron chi connectivity index (χ3n) is 5.82. The van der Waals surface area contributed by atoms with Gasteiger partial charge in [-0.1, -0.05) is 0 Å². The molecule has 1 unspecified atom stereocenters. The molecule has 1 atom stereocenters. The van der Waals surface area contributed by atoms with Gasteiger partial charge in [-0.05, 0) is 12.8 Å². The number of fused-ring (bicyclic) bond motifs is 1. The van der Waals surface area contributed by atoms with Gasteiger partial charge >= 0.3 is 0 Å². The fraction of sp³-hybridized carbons (Fsp3) is 0.526. The average molecular weight is 453 g/mol. The number of aryl methyl sites for hydroxylation is 1. The average Bonchev–Trinajstić information content (AvgIpc) is 3.34. The van der Waals surface area contributed by atoms with Crippen molar-refractivity contribution in [3.8, 4) is 0 Å². The molecule has 172 valence electrons. The predicted molar refractivity (Wildman–Crippen MR) is 105 cm³/mol. The molecule has 3 aromatic rings. The second kappa shape index (κ2) is 8.37. The van der Waals surface area contributed by atoms with Crippen LogP contribution in [0, 0.1) is 5.95 Å². The second-order valence-electron chi connectivity index (χ2n) is 8.01. The van der Waals surface area contributed by atoms with Crippen molar-refractivity contribution in [2.45, 2.75) is 43.9 Å². The Bertz CT molecular complexity index is 1180. The summed E-state index contributed by atoms with van der Waals surface area (Å²) in [4.78, 5) is 30.8. The Balaban J connectivity index is 1.40. The van der Waals surface area contributed by atoms with E-state index in [4.69, 9.17) is 0 Å². The molecule has 4 rings (SSSR count). The first kappa shape index (κ1) is 22.0. The van der Waals surface area contributed by atoms with Crippen LogP contribution in [0.25, 0.3) is 11.0 Å². The molecule has 1 saturated heterocycles. The van der Waals surface area contributed by atoms with Crippen molar-refractivity contribution < 1.29 is 23.1 Å². The summed E-state index contributed by atoms with van der Waals surface area (Å²) in [6, 6.07) is -0.635. The molecular formula is C19H22F3N7O3. The predicted octanol–water partition coefficient (Wildman–Crippen LogP) is 0.716. The number of alkyl halides is 2. The summed E-state index contributed by atoms with van der Waals surface area (Å²) in [7, 11) is 1.67. The van der Waals surface area contributed by atoms with Crippen LogP contribution in [0.4, 0.5) is 13.2 Å². The van der Waals surface area contributed by atoms with Crippen LogP contribution in [0.15, 0.2) is 29.6 Å². The van der Waals surface area contributed by atoms with Gasteiger partial charge in [-0.15, -0.1) is 5.10 Å². The molecule has 1 amide bonds. The highest BCUT2D eigenvalue weighted by atomic mass is 19.3. The van der Waals surface area contributed by atoms with Crippen molar-refractivity contribution in [3.63, 3.8) is 0 Å². The smallest absolute Gasteiger partial charge is 0.264 e. The lowest BCUT2D eigenvalue weighted by Crippen LogP contribution is -2.50. The van der Waals surface area contributed by atoms with Gasteiger partial charge in [-0.25, -0.2) is 13.8 Å². The zero-order valence-electron chi connectivity index (χ0n) is 17.2. The maximum atomic E-state index is 13.4. The van der Waals surface area contributed by atoms with Gasteiger partial charge in [-0.2, -0.15) is 9.49 Å². The van der Waals surface area contributed by atoms with Crippen LogP contribution < -0.4 is 5.56 Å². The lowest BCUT2D eigenvalue weighted by molar-refractivity contribution is -0.138. The fourth-order valence-corrected chi connectivity index (χ4v) is 3.93. The summed E-state index contributed by atoms with van der Waals surface area (Å²) in [6.45, 7) is 0.254. The van der Waals surface area contributed by atoms with Crippen LogP contribution in [-0.4, -0.2) is 70.1 Å². The summed E-state index contributed by atoms with van der Waals surface area (Å²) < 4.78 is 43.4. The molecule has 1 N–H and O–H groups in total. The van der Waals surface area contributed by atoms with E-state index in [0.29, 0.717) is 11.0 Å². The van der Waals surface area contributed by atoms with Gasteiger partial charge in [0.25, 0.3) is 12.0 Å². The maximum absolute atomic E-state index is 13.4. The summed E-state index contributed by atoms with van der Waals surface area (Å²) in [5.41, 5.74) is -1.16. The van der Waals surface area contributed by atoms with Crippen LogP contribution in [-0.2, 0) is 18.4 Å². The lowest BCUT2D eigenvalue weighted by Gasteiger charge is -2.38. The number of aromatic nitrogens is 6. The Labute approximate surface area is 179 Å². The number of hydrogen-bond donors (Lipinski definition) is 1. The van der Waals surface area contributed by atoms with Gasteiger partial charge in [0.1, 0.15) is 17.8 Å². The number of rotatable bonds is 6. The molecule has 13 heteroatoms. The molecule has 0 aromatic carbocycles. The van der Waals surface area contributed by atoms with E-state index in [9.17, 15) is 27.9 Å². The van der Waals surface area contributed by atoms with Gasteiger partial charge in [-0.3, -0.25) is 23.5 Å². The van der Waals surface area contributed by atoms with E-state index in [2.05, 4.69) is 15.2 Å². The van der Waals surface area contributed by atoms with Crippen LogP contribution in [0.3, 0.4) is 0 Å². The standard InChI is InChI=1S/C19H22F3N7O3/c1-26-17-12(9-24-26)18(31)28(11-23-17)10-19(32)3-6-27(7-4-19)15(30)8-13(16(21)22)29-5-2-14(20)25-29/h2,5,9,11,13,16,32H,3-4,6-8,10H2,1H3. The Kier molecular flexibility index (Phi) is 5.75. The number of aliphatic hydroxyl groups is 1. The minimum Gasteiger partial charge on any atom is -0.388 e. The summed E-state index contributed by atoms with van der Waals surface area (Å²) in [5.74, 6) is -1.44. The van der Waals surface area contributed by atoms with Gasteiger partial charge in [0, 0.05) is 32.4 Å². The second-order valence-corrected chi connectivity index (χ2v) is 8.01. The zero-order chi connectivity index (χ0) is 23.0. The molecule has 1 fully saturated rings. The number of likely N-dealkylation sites (tertiary alicyclic amines) is 1. The van der Waals surface area contributed by atoms with E-state index >= 15 is 0 Å². The number of piperidine rings is 1. The molecule has 0 radical (unpaired) electrons. The number of nitrogens with zero attached hydrogens (tertiary/aromatic N) is 7. The number of carbonyl (C=O) groups is 1. The molecule has 10 nitrogen and oxygen atoms in total. The monoisotopic (exact) mass is 453 g/mol. The largest absolute Gasteiger partial charge is 0.388 e. The molecule has 0 aliphatic carbocycles. The van der Waals surface area contributed by atoms with Crippen molar-refractivity contribution in [3.05, 3.63) is 41.1 Å². The van der Waals surface area contributed by atoms with Crippen LogP contribution in [0.1, 0.15) is 25.3 Å². The van der Waals surface area contributed by atoms with Crippen molar-refractivity contribution in [2.24, 2.45) is 7.05 Å². The first-order chi connectivity index (χ1) is 15.2. The summed E-state index contributed by atoms with van der Waals surface area (Å²) in [6.07, 6.45) is 0.701. The number of carbonyl (C=O) groups excluding carboxylic acids is 1. The lowest BCUT2D eigenvalue weighted by atomic mass is 9.91. The molecule has 0 bridgehead atoms. The van der Waals surface area contributed by atoms with Crippen LogP contribution in [0.2, 0.25) is 0 Å². The van der Waals surface area contributed by atoms with Gasteiger partial charge in [0.2, 0.25) is 11.9 Å². The van der Waals surface area contributed by atoms with Gasteiger partial charge < -0.3 is 10.0 Å². The third kappa shape index (κ3) is 4.24. The van der Waals surface area contributed by atoms with Crippen molar-refractivity contribution in [2.75, 3.05) is 13.1 Å². The first-order valence-corrected chi connectivity index (χ1v) is 10.0. The maximum Gasteiger partial charge on any atom is 0.264 e. The Morgan fingerprint density at radius 3 is 2.66 bits per heavy atom. The number of hydrogen-bond acceptors (Lipinski definition) is 6. The van der Waals surface area contributed by atoms with E-state index < -0.39 is 36.3 Å². The minimum absolute atomic E-state index is 0.0160. The van der Waals surface area contributed by atoms with Gasteiger partial charge in [0.15, 0.2) is 5.65 Å². The highest BCUT2D eigenvalue weighted by Gasteiger charge is 2.36.